The number of nitrogens with one attached hydrogen (secondary N) is 1. The molecule has 1 rings (SSSR count). The highest BCUT2D eigenvalue weighted by Crippen LogP contribution is 2.20. The van der Waals surface area contributed by atoms with Gasteiger partial charge >= 0.3 is 0 Å². The summed E-state index contributed by atoms with van der Waals surface area (Å²) in [6.07, 6.45) is 0. The molecule has 0 saturated carbocycles. The van der Waals surface area contributed by atoms with Gasteiger partial charge in [0.05, 0.1) is 5.75 Å². The molecule has 0 radical (unpaired) electrons. The molecule has 0 aromatic carbocycles. The topological polar surface area (TPSA) is 52.7 Å². The lowest BCUT2D eigenvalue weighted by Gasteiger charge is -2.44. The first-order chi connectivity index (χ1) is 7.79. The van der Waals surface area contributed by atoms with Crippen LogP contribution in [0.1, 0.15) is 20.8 Å². The number of hydrogen-bond acceptors (Lipinski definition) is 4. The molecule has 5 nitrogen and oxygen atoms in total. The molecule has 1 heterocycles. The molecule has 1 aliphatic heterocycles. The van der Waals surface area contributed by atoms with E-state index >= 15 is 0 Å². The largest absolute Gasteiger partial charge is 0.316 e. The standard InChI is InChI=1S/C11H25N3O2S/c1-5-12-6-9-17(15,16)14-8-7-13(4)11(2,3)10-14/h12H,5-10H2,1-4H3. The van der Waals surface area contributed by atoms with Gasteiger partial charge in [-0.15, -0.1) is 0 Å². The molecule has 0 aromatic heterocycles. The van der Waals surface area contributed by atoms with Gasteiger partial charge in [-0.3, -0.25) is 4.90 Å². The van der Waals surface area contributed by atoms with Crippen molar-refractivity contribution >= 4 is 10.0 Å². The second-order valence-electron chi connectivity index (χ2n) is 5.24. The summed E-state index contributed by atoms with van der Waals surface area (Å²) in [6, 6.07) is 0. The van der Waals surface area contributed by atoms with Gasteiger partial charge in [0, 0.05) is 31.7 Å². The van der Waals surface area contributed by atoms with Crippen LogP contribution < -0.4 is 5.32 Å². The Bertz CT molecular complexity index is 341. The lowest BCUT2D eigenvalue weighted by atomic mass is 10.0. The van der Waals surface area contributed by atoms with Crippen LogP contribution in [0.4, 0.5) is 0 Å². The monoisotopic (exact) mass is 263 g/mol. The summed E-state index contributed by atoms with van der Waals surface area (Å²) in [7, 11) is -1.06. The van der Waals surface area contributed by atoms with Gasteiger partial charge in [-0.05, 0) is 27.4 Å². The van der Waals surface area contributed by atoms with Gasteiger partial charge in [0.1, 0.15) is 0 Å². The van der Waals surface area contributed by atoms with E-state index in [2.05, 4.69) is 24.1 Å². The van der Waals surface area contributed by atoms with Crippen LogP contribution in [-0.2, 0) is 10.0 Å². The number of rotatable bonds is 5. The van der Waals surface area contributed by atoms with E-state index in [1.165, 1.54) is 0 Å². The Balaban J connectivity index is 2.61. The maximum atomic E-state index is 12.1. The number of nitrogens with zero attached hydrogens (tertiary/aromatic N) is 2. The molecule has 1 N–H and O–H groups in total. The van der Waals surface area contributed by atoms with Gasteiger partial charge in [0.2, 0.25) is 10.0 Å². The molecule has 0 atom stereocenters. The highest BCUT2D eigenvalue weighted by Gasteiger charge is 2.36. The van der Waals surface area contributed by atoms with Crippen LogP contribution in [0.25, 0.3) is 0 Å². The first kappa shape index (κ1) is 14.9. The quantitative estimate of drug-likeness (QED) is 0.707. The molecule has 6 heteroatoms. The Morgan fingerprint density at radius 1 is 1.29 bits per heavy atom. The molecule has 102 valence electrons. The molecule has 0 spiro atoms. The predicted molar refractivity (Wildman–Crippen MR) is 70.6 cm³/mol. The second kappa shape index (κ2) is 5.65. The number of likely N-dealkylation sites (N-methyl/N-ethyl adjacent to an activating group) is 1. The van der Waals surface area contributed by atoms with Crippen molar-refractivity contribution in [2.24, 2.45) is 0 Å². The zero-order chi connectivity index (χ0) is 13.1. The fourth-order valence-electron chi connectivity index (χ4n) is 1.94. The maximum absolute atomic E-state index is 12.1. The summed E-state index contributed by atoms with van der Waals surface area (Å²) in [5.74, 6) is 0.195. The van der Waals surface area contributed by atoms with Crippen LogP contribution in [0.15, 0.2) is 0 Å². The molecule has 1 saturated heterocycles. The third-order valence-corrected chi connectivity index (χ3v) is 5.28. The number of hydrogen-bond donors (Lipinski definition) is 1. The van der Waals surface area contributed by atoms with Crippen molar-refractivity contribution in [1.82, 2.24) is 14.5 Å². The van der Waals surface area contributed by atoms with Gasteiger partial charge in [-0.2, -0.15) is 4.31 Å². The molecule has 0 aromatic rings. The maximum Gasteiger partial charge on any atom is 0.215 e. The van der Waals surface area contributed by atoms with E-state index in [1.54, 1.807) is 4.31 Å². The Kier molecular flexibility index (Phi) is 4.95. The van der Waals surface area contributed by atoms with Crippen molar-refractivity contribution in [2.75, 3.05) is 45.5 Å². The van der Waals surface area contributed by atoms with Crippen LogP contribution >= 0.6 is 0 Å². The van der Waals surface area contributed by atoms with Crippen LogP contribution in [-0.4, -0.2) is 68.7 Å². The van der Waals surface area contributed by atoms with Crippen LogP contribution in [0.2, 0.25) is 0 Å². The predicted octanol–water partition coefficient (Wildman–Crippen LogP) is -0.0483. The van der Waals surface area contributed by atoms with E-state index in [1.807, 2.05) is 14.0 Å². The van der Waals surface area contributed by atoms with Gasteiger partial charge < -0.3 is 5.32 Å². The van der Waals surface area contributed by atoms with E-state index in [0.717, 1.165) is 13.1 Å². The third kappa shape index (κ3) is 3.91. The van der Waals surface area contributed by atoms with Crippen molar-refractivity contribution in [3.8, 4) is 0 Å². The fourth-order valence-corrected chi connectivity index (χ4v) is 3.47. The first-order valence-electron chi connectivity index (χ1n) is 6.19. The van der Waals surface area contributed by atoms with Crippen LogP contribution in [0.3, 0.4) is 0 Å². The average molecular weight is 263 g/mol. The molecule has 0 bridgehead atoms. The minimum atomic E-state index is -3.11. The van der Waals surface area contributed by atoms with E-state index in [9.17, 15) is 8.42 Å². The molecule has 1 fully saturated rings. The number of sulfonamides is 1. The molecular formula is C11H25N3O2S. The minimum Gasteiger partial charge on any atom is -0.316 e. The van der Waals surface area contributed by atoms with Gasteiger partial charge in [0.15, 0.2) is 0 Å². The summed E-state index contributed by atoms with van der Waals surface area (Å²) in [5, 5.41) is 3.06. The third-order valence-electron chi connectivity index (χ3n) is 3.46. The molecular weight excluding hydrogens is 238 g/mol. The second-order valence-corrected chi connectivity index (χ2v) is 7.33. The van der Waals surface area contributed by atoms with Crippen molar-refractivity contribution in [3.05, 3.63) is 0 Å². The molecule has 17 heavy (non-hydrogen) atoms. The smallest absolute Gasteiger partial charge is 0.215 e. The normalized spacial score (nSPS) is 22.8. The zero-order valence-corrected chi connectivity index (χ0v) is 12.2. The summed E-state index contributed by atoms with van der Waals surface area (Å²) in [4.78, 5) is 2.21. The summed E-state index contributed by atoms with van der Waals surface area (Å²) < 4.78 is 25.9. The molecule has 1 aliphatic rings. The summed E-state index contributed by atoms with van der Waals surface area (Å²) in [6.45, 7) is 9.47. The zero-order valence-electron chi connectivity index (χ0n) is 11.4. The molecule has 0 unspecified atom stereocenters. The Hall–Kier alpha value is -0.170. The first-order valence-corrected chi connectivity index (χ1v) is 7.80. The molecule has 0 amide bonds. The minimum absolute atomic E-state index is 0.0799. The van der Waals surface area contributed by atoms with Crippen molar-refractivity contribution in [2.45, 2.75) is 26.3 Å². The van der Waals surface area contributed by atoms with Crippen LogP contribution in [0, 0.1) is 0 Å². The van der Waals surface area contributed by atoms with Gasteiger partial charge in [-0.25, -0.2) is 8.42 Å². The van der Waals surface area contributed by atoms with Crippen molar-refractivity contribution < 1.29 is 8.42 Å². The molecule has 0 aliphatic carbocycles. The Morgan fingerprint density at radius 3 is 2.47 bits per heavy atom. The van der Waals surface area contributed by atoms with Crippen molar-refractivity contribution in [3.63, 3.8) is 0 Å². The summed E-state index contributed by atoms with van der Waals surface area (Å²) >= 11 is 0. The van der Waals surface area contributed by atoms with E-state index in [-0.39, 0.29) is 11.3 Å². The summed E-state index contributed by atoms with van der Waals surface area (Å²) in [5.41, 5.74) is -0.0799. The van der Waals surface area contributed by atoms with Gasteiger partial charge in [-0.1, -0.05) is 6.92 Å². The van der Waals surface area contributed by atoms with Crippen LogP contribution in [0.5, 0.6) is 0 Å². The lowest BCUT2D eigenvalue weighted by Crippen LogP contribution is -2.59. The fraction of sp³-hybridized carbons (Fsp3) is 1.00. The highest BCUT2D eigenvalue weighted by molar-refractivity contribution is 7.89. The van der Waals surface area contributed by atoms with E-state index in [4.69, 9.17) is 0 Å². The average Bonchev–Trinajstić information content (AvgIpc) is 2.22. The lowest BCUT2D eigenvalue weighted by molar-refractivity contribution is 0.0802. The SMILES string of the molecule is CCNCCS(=O)(=O)N1CCN(C)C(C)(C)C1. The van der Waals surface area contributed by atoms with E-state index < -0.39 is 10.0 Å². The van der Waals surface area contributed by atoms with E-state index in [0.29, 0.717) is 19.6 Å². The van der Waals surface area contributed by atoms with Gasteiger partial charge in [0.25, 0.3) is 0 Å². The Morgan fingerprint density at radius 2 is 1.94 bits per heavy atom. The number of piperazine rings is 1. The van der Waals surface area contributed by atoms with Crippen molar-refractivity contribution in [1.29, 1.82) is 0 Å². The highest BCUT2D eigenvalue weighted by atomic mass is 32.2. The Labute approximate surface area is 105 Å².